The maximum atomic E-state index is 2.37. The molecule has 30 heavy (non-hydrogen) atoms. The van der Waals surface area contributed by atoms with E-state index in [0.29, 0.717) is 6.04 Å². The van der Waals surface area contributed by atoms with Crippen LogP contribution in [0.4, 0.5) is 0 Å². The van der Waals surface area contributed by atoms with E-state index in [1.54, 1.807) is 0 Å². The van der Waals surface area contributed by atoms with Crippen molar-refractivity contribution in [2.24, 2.45) is 0 Å². The van der Waals surface area contributed by atoms with Gasteiger partial charge in [-0.15, -0.1) is 0 Å². The lowest BCUT2D eigenvalue weighted by atomic mass is 10.0. The summed E-state index contributed by atoms with van der Waals surface area (Å²) >= 11 is 0. The summed E-state index contributed by atoms with van der Waals surface area (Å²) < 4.78 is 4.75. The van der Waals surface area contributed by atoms with Crippen molar-refractivity contribution < 1.29 is 4.57 Å². The van der Waals surface area contributed by atoms with Crippen molar-refractivity contribution in [1.82, 2.24) is 4.57 Å². The zero-order valence-electron chi connectivity index (χ0n) is 21.1. The van der Waals surface area contributed by atoms with Gasteiger partial charge in [-0.3, -0.25) is 0 Å². The number of rotatable bonds is 22. The van der Waals surface area contributed by atoms with E-state index in [2.05, 4.69) is 48.6 Å². The molecule has 0 fully saturated rings. The molecule has 1 aromatic heterocycles. The first-order valence-electron chi connectivity index (χ1n) is 13.8. The van der Waals surface area contributed by atoms with Crippen molar-refractivity contribution in [2.75, 3.05) is 0 Å². The molecule has 176 valence electrons. The largest absolute Gasteiger partial charge is 0.243 e. The minimum absolute atomic E-state index is 0.636. The van der Waals surface area contributed by atoms with Crippen LogP contribution in [0.15, 0.2) is 18.7 Å². The fourth-order valence-electron chi connectivity index (χ4n) is 4.57. The summed E-state index contributed by atoms with van der Waals surface area (Å²) in [6.45, 7) is 8.08. The fourth-order valence-corrected chi connectivity index (χ4v) is 4.57. The average molecular weight is 420 g/mol. The van der Waals surface area contributed by atoms with Crippen LogP contribution in [0, 0.1) is 0 Å². The molecule has 1 aromatic rings. The predicted molar refractivity (Wildman–Crippen MR) is 133 cm³/mol. The molecule has 2 heteroatoms. The van der Waals surface area contributed by atoms with Crippen LogP contribution in [0.2, 0.25) is 0 Å². The Labute approximate surface area is 189 Å². The highest BCUT2D eigenvalue weighted by molar-refractivity contribution is 4.72. The summed E-state index contributed by atoms with van der Waals surface area (Å²) in [4.78, 5) is 0. The van der Waals surface area contributed by atoms with Crippen LogP contribution in [-0.4, -0.2) is 4.57 Å². The van der Waals surface area contributed by atoms with Crippen molar-refractivity contribution >= 4 is 0 Å². The standard InChI is InChI=1S/C28H55N2/c1-4-6-7-8-9-10-11-12-13-14-15-16-17-18-19-20-21-22-24-29-25-26-30(27-29)28(3)23-5-2/h25-28H,4-24H2,1-3H3/q+1. The Kier molecular flexibility index (Phi) is 18.3. The summed E-state index contributed by atoms with van der Waals surface area (Å²) in [6, 6.07) is 0.636. The van der Waals surface area contributed by atoms with Crippen LogP contribution in [0.25, 0.3) is 0 Å². The van der Waals surface area contributed by atoms with Crippen LogP contribution >= 0.6 is 0 Å². The maximum absolute atomic E-state index is 2.37. The molecule has 0 saturated heterocycles. The molecule has 0 amide bonds. The fraction of sp³-hybridized carbons (Fsp3) is 0.893. The normalized spacial score (nSPS) is 12.5. The molecular weight excluding hydrogens is 364 g/mol. The van der Waals surface area contributed by atoms with E-state index in [-0.39, 0.29) is 0 Å². The van der Waals surface area contributed by atoms with Crippen molar-refractivity contribution in [3.05, 3.63) is 18.7 Å². The van der Waals surface area contributed by atoms with Gasteiger partial charge >= 0.3 is 0 Å². The van der Waals surface area contributed by atoms with Gasteiger partial charge in [0.2, 0.25) is 6.33 Å². The molecule has 1 rings (SSSR count). The number of aromatic nitrogens is 2. The highest BCUT2D eigenvalue weighted by Crippen LogP contribution is 2.14. The summed E-state index contributed by atoms with van der Waals surface area (Å²) in [5.41, 5.74) is 0. The van der Waals surface area contributed by atoms with Crippen molar-refractivity contribution in [3.8, 4) is 0 Å². The molecule has 0 aromatic carbocycles. The van der Waals surface area contributed by atoms with E-state index in [1.807, 2.05) is 0 Å². The monoisotopic (exact) mass is 419 g/mol. The highest BCUT2D eigenvalue weighted by Gasteiger charge is 2.10. The summed E-state index contributed by atoms with van der Waals surface area (Å²) in [5.74, 6) is 0. The smallest absolute Gasteiger partial charge is 0.237 e. The zero-order chi connectivity index (χ0) is 21.7. The van der Waals surface area contributed by atoms with Gasteiger partial charge in [0.15, 0.2) is 0 Å². The predicted octanol–water partition coefficient (Wildman–Crippen LogP) is 9.18. The van der Waals surface area contributed by atoms with E-state index in [9.17, 15) is 0 Å². The van der Waals surface area contributed by atoms with Gasteiger partial charge in [0, 0.05) is 0 Å². The van der Waals surface area contributed by atoms with Gasteiger partial charge in [0.05, 0.1) is 12.6 Å². The third-order valence-electron chi connectivity index (χ3n) is 6.70. The maximum Gasteiger partial charge on any atom is 0.243 e. The number of nitrogens with zero attached hydrogens (tertiary/aromatic N) is 2. The van der Waals surface area contributed by atoms with E-state index < -0.39 is 0 Å². The SMILES string of the molecule is CCCCCCCCCCCCCCCCCCCC[n+]1ccn(C(C)CCC)c1. The molecule has 0 radical (unpaired) electrons. The number of imidazole rings is 1. The molecule has 0 bridgehead atoms. The Morgan fingerprint density at radius 1 is 0.600 bits per heavy atom. The first kappa shape index (κ1) is 27.2. The van der Waals surface area contributed by atoms with E-state index in [4.69, 9.17) is 0 Å². The molecule has 0 spiro atoms. The Hall–Kier alpha value is -0.790. The van der Waals surface area contributed by atoms with E-state index in [0.717, 1.165) is 0 Å². The van der Waals surface area contributed by atoms with Gasteiger partial charge in [-0.05, 0) is 26.2 Å². The molecular formula is C28H55N2+. The molecule has 0 N–H and O–H groups in total. The van der Waals surface area contributed by atoms with Gasteiger partial charge in [0.1, 0.15) is 12.4 Å². The van der Waals surface area contributed by atoms with Gasteiger partial charge < -0.3 is 0 Å². The topological polar surface area (TPSA) is 8.81 Å². The molecule has 1 heterocycles. The lowest BCUT2D eigenvalue weighted by Crippen LogP contribution is -2.31. The second kappa shape index (κ2) is 20.1. The van der Waals surface area contributed by atoms with Crippen molar-refractivity contribution in [3.63, 3.8) is 0 Å². The second-order valence-electron chi connectivity index (χ2n) is 9.75. The minimum Gasteiger partial charge on any atom is -0.237 e. The summed E-state index contributed by atoms with van der Waals surface area (Å²) in [6.07, 6.45) is 35.4. The Morgan fingerprint density at radius 2 is 1.03 bits per heavy atom. The molecule has 0 aliphatic carbocycles. The lowest BCUT2D eigenvalue weighted by Gasteiger charge is -2.05. The second-order valence-corrected chi connectivity index (χ2v) is 9.75. The third kappa shape index (κ3) is 15.1. The Morgan fingerprint density at radius 3 is 1.47 bits per heavy atom. The molecule has 0 aliphatic rings. The number of hydrogen-bond acceptors (Lipinski definition) is 0. The highest BCUT2D eigenvalue weighted by atomic mass is 15.1. The minimum atomic E-state index is 0.636. The van der Waals surface area contributed by atoms with Crippen molar-refractivity contribution in [1.29, 1.82) is 0 Å². The Bertz CT molecular complexity index is 465. The number of unbranched alkanes of at least 4 members (excludes halogenated alkanes) is 17. The molecule has 0 saturated carbocycles. The number of hydrogen-bond donors (Lipinski definition) is 0. The van der Waals surface area contributed by atoms with Gasteiger partial charge in [-0.2, -0.15) is 0 Å². The lowest BCUT2D eigenvalue weighted by molar-refractivity contribution is -0.697. The van der Waals surface area contributed by atoms with Gasteiger partial charge in [-0.1, -0.05) is 123 Å². The van der Waals surface area contributed by atoms with Crippen LogP contribution in [0.5, 0.6) is 0 Å². The van der Waals surface area contributed by atoms with Crippen molar-refractivity contribution in [2.45, 2.75) is 162 Å². The van der Waals surface area contributed by atoms with Crippen LogP contribution < -0.4 is 4.57 Å². The van der Waals surface area contributed by atoms with Crippen LogP contribution in [0.3, 0.4) is 0 Å². The summed E-state index contributed by atoms with van der Waals surface area (Å²) in [5, 5.41) is 0. The van der Waals surface area contributed by atoms with Gasteiger partial charge in [0.25, 0.3) is 0 Å². The molecule has 1 unspecified atom stereocenters. The molecule has 1 atom stereocenters. The van der Waals surface area contributed by atoms with Crippen LogP contribution in [0.1, 0.15) is 155 Å². The number of aryl methyl sites for hydroxylation is 1. The first-order chi connectivity index (χ1) is 14.8. The van der Waals surface area contributed by atoms with Gasteiger partial charge in [-0.25, -0.2) is 9.13 Å². The summed E-state index contributed by atoms with van der Waals surface area (Å²) in [7, 11) is 0. The zero-order valence-corrected chi connectivity index (χ0v) is 21.1. The Balaban J connectivity index is 1.79. The average Bonchev–Trinajstić information content (AvgIpc) is 3.22. The molecule has 0 aliphatic heterocycles. The third-order valence-corrected chi connectivity index (χ3v) is 6.70. The molecule has 2 nitrogen and oxygen atoms in total. The first-order valence-corrected chi connectivity index (χ1v) is 13.8. The van der Waals surface area contributed by atoms with Crippen LogP contribution in [-0.2, 0) is 6.54 Å². The van der Waals surface area contributed by atoms with E-state index >= 15 is 0 Å². The quantitative estimate of drug-likeness (QED) is 0.131. The van der Waals surface area contributed by atoms with E-state index in [1.165, 1.54) is 135 Å².